The van der Waals surface area contributed by atoms with Crippen LogP contribution in [0.25, 0.3) is 0 Å². The van der Waals surface area contributed by atoms with Gasteiger partial charge in [-0.3, -0.25) is 9.10 Å². The Bertz CT molecular complexity index is 1500. The van der Waals surface area contributed by atoms with Crippen LogP contribution in [0.1, 0.15) is 26.6 Å². The second-order valence-electron chi connectivity index (χ2n) is 9.26. The molecule has 0 bridgehead atoms. The highest BCUT2D eigenvalue weighted by Crippen LogP contribution is 2.31. The summed E-state index contributed by atoms with van der Waals surface area (Å²) < 4.78 is 29.2. The second kappa shape index (κ2) is 11.0. The zero-order chi connectivity index (χ0) is 26.7. The highest BCUT2D eigenvalue weighted by molar-refractivity contribution is 7.94. The Labute approximate surface area is 228 Å². The first-order valence-electron chi connectivity index (χ1n) is 12.5. The van der Waals surface area contributed by atoms with Crippen LogP contribution in [0.2, 0.25) is 0 Å². The first-order valence-corrected chi connectivity index (χ1v) is 14.8. The number of thiazole rings is 1. The van der Waals surface area contributed by atoms with E-state index < -0.39 is 10.0 Å². The number of aromatic nitrogens is 1. The summed E-state index contributed by atoms with van der Waals surface area (Å²) in [4.78, 5) is 21.7. The number of hydrogen-bond donors (Lipinski definition) is 0. The van der Waals surface area contributed by atoms with Gasteiger partial charge in [0.1, 0.15) is 0 Å². The van der Waals surface area contributed by atoms with Gasteiger partial charge in [-0.2, -0.15) is 0 Å². The number of rotatable bonds is 7. The molecule has 0 saturated carbocycles. The molecule has 1 aliphatic heterocycles. The predicted molar refractivity (Wildman–Crippen MR) is 152 cm³/mol. The van der Waals surface area contributed by atoms with E-state index in [9.17, 15) is 13.2 Å². The predicted octanol–water partition coefficient (Wildman–Crippen LogP) is 5.12. The zero-order valence-electron chi connectivity index (χ0n) is 21.4. The highest BCUT2D eigenvalue weighted by Gasteiger charge is 2.30. The lowest BCUT2D eigenvalue weighted by Gasteiger charge is -2.36. The van der Waals surface area contributed by atoms with Crippen molar-refractivity contribution in [2.45, 2.75) is 24.6 Å². The summed E-state index contributed by atoms with van der Waals surface area (Å²) in [6, 6.07) is 26.6. The molecular formula is C29H30N4O3S2. The van der Waals surface area contributed by atoms with Gasteiger partial charge in [-0.25, -0.2) is 13.4 Å². The Morgan fingerprint density at radius 2 is 1.47 bits per heavy atom. The van der Waals surface area contributed by atoms with Crippen molar-refractivity contribution in [3.63, 3.8) is 0 Å². The molecule has 4 aromatic rings. The van der Waals surface area contributed by atoms with Crippen LogP contribution in [0.4, 0.5) is 11.4 Å². The maximum absolute atomic E-state index is 13.8. The number of nitrogens with zero attached hydrogens (tertiary/aromatic N) is 4. The smallest absolute Gasteiger partial charge is 0.276 e. The largest absolute Gasteiger partial charge is 0.368 e. The van der Waals surface area contributed by atoms with Crippen molar-refractivity contribution >= 4 is 38.6 Å². The lowest BCUT2D eigenvalue weighted by molar-refractivity contribution is 0.0747. The molecular weight excluding hydrogens is 516 g/mol. The van der Waals surface area contributed by atoms with Gasteiger partial charge in [0.05, 0.1) is 22.9 Å². The molecule has 0 N–H and O–H groups in total. The fraction of sp³-hybridized carbons (Fsp3) is 0.241. The minimum absolute atomic E-state index is 0.0457. The van der Waals surface area contributed by atoms with Gasteiger partial charge < -0.3 is 9.80 Å². The molecule has 0 unspecified atom stereocenters. The van der Waals surface area contributed by atoms with Crippen molar-refractivity contribution in [3.05, 3.63) is 107 Å². The maximum Gasteiger partial charge on any atom is 0.276 e. The normalized spacial score (nSPS) is 13.9. The number of carbonyl (C=O) groups is 1. The van der Waals surface area contributed by atoms with E-state index in [1.165, 1.54) is 15.6 Å². The number of piperazine rings is 1. The van der Waals surface area contributed by atoms with Crippen molar-refractivity contribution in [2.24, 2.45) is 0 Å². The minimum Gasteiger partial charge on any atom is -0.368 e. The Morgan fingerprint density at radius 1 is 0.868 bits per heavy atom. The number of carbonyl (C=O) groups excluding carboxylic acids is 1. The van der Waals surface area contributed by atoms with Crippen molar-refractivity contribution in [2.75, 3.05) is 35.4 Å². The van der Waals surface area contributed by atoms with Gasteiger partial charge in [-0.1, -0.05) is 48.5 Å². The molecule has 0 radical (unpaired) electrons. The number of amides is 1. The van der Waals surface area contributed by atoms with E-state index in [4.69, 9.17) is 0 Å². The quantitative estimate of drug-likeness (QED) is 0.322. The summed E-state index contributed by atoms with van der Waals surface area (Å²) in [5, 5.41) is 0.703. The summed E-state index contributed by atoms with van der Waals surface area (Å²) in [5.41, 5.74) is 3.57. The molecule has 38 heavy (non-hydrogen) atoms. The van der Waals surface area contributed by atoms with Crippen molar-refractivity contribution in [1.82, 2.24) is 9.88 Å². The maximum atomic E-state index is 13.8. The number of sulfonamides is 1. The van der Waals surface area contributed by atoms with Crippen LogP contribution < -0.4 is 9.21 Å². The van der Waals surface area contributed by atoms with Crippen LogP contribution in [0.3, 0.4) is 0 Å². The van der Waals surface area contributed by atoms with E-state index >= 15 is 0 Å². The zero-order valence-corrected chi connectivity index (χ0v) is 23.1. The molecule has 0 spiro atoms. The van der Waals surface area contributed by atoms with Gasteiger partial charge >= 0.3 is 0 Å². The third-order valence-corrected chi connectivity index (χ3v) is 10.1. The molecule has 196 valence electrons. The third-order valence-electron chi connectivity index (χ3n) is 6.64. The molecule has 0 atom stereocenters. The van der Waals surface area contributed by atoms with E-state index in [0.717, 1.165) is 24.3 Å². The van der Waals surface area contributed by atoms with Gasteiger partial charge in [0.15, 0.2) is 4.21 Å². The number of hydrogen-bond acceptors (Lipinski definition) is 6. The van der Waals surface area contributed by atoms with Crippen LogP contribution in [0.5, 0.6) is 0 Å². The first-order chi connectivity index (χ1) is 18.3. The highest BCUT2D eigenvalue weighted by atomic mass is 32.2. The summed E-state index contributed by atoms with van der Waals surface area (Å²) in [5.74, 6) is -0.0457. The molecule has 7 nitrogen and oxygen atoms in total. The van der Waals surface area contributed by atoms with Gasteiger partial charge in [-0.05, 0) is 55.8 Å². The van der Waals surface area contributed by atoms with Gasteiger partial charge in [0.2, 0.25) is 0 Å². The SMILES string of the molecule is Cc1nc(C)c(S(=O)(=O)N(Cc2ccccc2)c2ccc(C(=O)N3CCN(c4ccccc4)CC3)cc2)s1. The Morgan fingerprint density at radius 3 is 2.05 bits per heavy atom. The van der Waals surface area contributed by atoms with E-state index in [2.05, 4.69) is 22.0 Å². The Balaban J connectivity index is 1.36. The number of para-hydroxylation sites is 1. The van der Waals surface area contributed by atoms with E-state index in [0.29, 0.717) is 35.0 Å². The summed E-state index contributed by atoms with van der Waals surface area (Å²) in [6.45, 7) is 6.50. The number of anilines is 2. The van der Waals surface area contributed by atoms with Crippen LogP contribution >= 0.6 is 11.3 Å². The van der Waals surface area contributed by atoms with Crippen LogP contribution in [-0.2, 0) is 16.6 Å². The molecule has 2 heterocycles. The van der Waals surface area contributed by atoms with Crippen molar-refractivity contribution in [3.8, 4) is 0 Å². The fourth-order valence-corrected chi connectivity index (χ4v) is 7.71. The average Bonchev–Trinajstić information content (AvgIpc) is 3.31. The van der Waals surface area contributed by atoms with Gasteiger partial charge in [0, 0.05) is 37.4 Å². The third kappa shape index (κ3) is 5.44. The Kier molecular flexibility index (Phi) is 7.49. The van der Waals surface area contributed by atoms with Crippen LogP contribution in [0, 0.1) is 13.8 Å². The lowest BCUT2D eigenvalue weighted by Crippen LogP contribution is -2.48. The van der Waals surface area contributed by atoms with E-state index in [-0.39, 0.29) is 16.7 Å². The van der Waals surface area contributed by atoms with Gasteiger partial charge in [0.25, 0.3) is 15.9 Å². The van der Waals surface area contributed by atoms with E-state index in [1.807, 2.05) is 53.4 Å². The van der Waals surface area contributed by atoms with Gasteiger partial charge in [-0.15, -0.1) is 11.3 Å². The Hall–Kier alpha value is -3.69. The minimum atomic E-state index is -3.86. The topological polar surface area (TPSA) is 73.8 Å². The van der Waals surface area contributed by atoms with E-state index in [1.54, 1.807) is 38.1 Å². The summed E-state index contributed by atoms with van der Waals surface area (Å²) in [6.07, 6.45) is 0. The second-order valence-corrected chi connectivity index (χ2v) is 12.5. The number of aryl methyl sites for hydroxylation is 2. The molecule has 5 rings (SSSR count). The molecule has 1 aliphatic rings. The molecule has 1 saturated heterocycles. The fourth-order valence-electron chi connectivity index (χ4n) is 4.68. The first kappa shape index (κ1) is 25.9. The van der Waals surface area contributed by atoms with Crippen molar-refractivity contribution < 1.29 is 13.2 Å². The lowest BCUT2D eigenvalue weighted by atomic mass is 10.1. The summed E-state index contributed by atoms with van der Waals surface area (Å²) >= 11 is 1.17. The van der Waals surface area contributed by atoms with Crippen LogP contribution in [-0.4, -0.2) is 50.4 Å². The molecule has 1 amide bonds. The molecule has 1 fully saturated rings. The molecule has 1 aromatic heterocycles. The van der Waals surface area contributed by atoms with Crippen LogP contribution in [0.15, 0.2) is 89.1 Å². The standard InChI is InChI=1S/C29H30N4O3S2/c1-22-29(37-23(2)30-22)38(35,36)33(21-24-9-5-3-6-10-24)27-15-13-25(14-16-27)28(34)32-19-17-31(18-20-32)26-11-7-4-8-12-26/h3-16H,17-21H2,1-2H3. The number of benzene rings is 3. The molecule has 3 aromatic carbocycles. The molecule has 0 aliphatic carbocycles. The van der Waals surface area contributed by atoms with Crippen molar-refractivity contribution in [1.29, 1.82) is 0 Å². The summed E-state index contributed by atoms with van der Waals surface area (Å²) in [7, 11) is -3.86. The monoisotopic (exact) mass is 546 g/mol. The average molecular weight is 547 g/mol. The molecule has 9 heteroatoms.